The van der Waals surface area contributed by atoms with Gasteiger partial charge in [-0.3, -0.25) is 9.59 Å². The molecule has 2 aliphatic rings. The number of anilines is 1. The molecule has 0 atom stereocenters. The van der Waals surface area contributed by atoms with E-state index in [0.29, 0.717) is 31.6 Å². The standard InChI is InChI=1S/C14H16N2O3/c1-15-8-9-16(13(18)12(15)17)11-5-3-2-4-10(11)14(19)6-7-14/h2-5,19H,6-9H2,1H3. The van der Waals surface area contributed by atoms with Crippen LogP contribution in [0.15, 0.2) is 24.3 Å². The molecule has 0 bridgehead atoms. The minimum Gasteiger partial charge on any atom is -0.385 e. The van der Waals surface area contributed by atoms with E-state index in [-0.39, 0.29) is 0 Å². The Balaban J connectivity index is 1.99. The topological polar surface area (TPSA) is 60.9 Å². The maximum atomic E-state index is 12.1. The first-order valence-electron chi connectivity index (χ1n) is 6.42. The number of rotatable bonds is 2. The van der Waals surface area contributed by atoms with Crippen molar-refractivity contribution in [3.05, 3.63) is 29.8 Å². The van der Waals surface area contributed by atoms with Crippen LogP contribution in [0, 0.1) is 0 Å². The molecule has 0 radical (unpaired) electrons. The van der Waals surface area contributed by atoms with Crippen molar-refractivity contribution in [2.45, 2.75) is 18.4 Å². The second-order valence-electron chi connectivity index (χ2n) is 5.23. The van der Waals surface area contributed by atoms with E-state index in [2.05, 4.69) is 0 Å². The van der Waals surface area contributed by atoms with Crippen molar-refractivity contribution in [3.8, 4) is 0 Å². The number of likely N-dealkylation sites (N-methyl/N-ethyl adjacent to an activating group) is 1. The molecule has 19 heavy (non-hydrogen) atoms. The lowest BCUT2D eigenvalue weighted by Crippen LogP contribution is -2.53. The third kappa shape index (κ3) is 1.90. The summed E-state index contributed by atoms with van der Waals surface area (Å²) in [6.45, 7) is 0.978. The van der Waals surface area contributed by atoms with Crippen LogP contribution in [-0.2, 0) is 15.2 Å². The van der Waals surface area contributed by atoms with Crippen LogP contribution >= 0.6 is 0 Å². The zero-order valence-electron chi connectivity index (χ0n) is 10.8. The summed E-state index contributed by atoms with van der Waals surface area (Å²) in [5.41, 5.74) is 0.596. The Hall–Kier alpha value is -1.88. The average Bonchev–Trinajstić information content (AvgIpc) is 3.16. The van der Waals surface area contributed by atoms with Crippen LogP contribution in [-0.4, -0.2) is 42.0 Å². The number of para-hydroxylation sites is 1. The molecule has 0 spiro atoms. The first-order chi connectivity index (χ1) is 9.03. The third-order valence-electron chi connectivity index (χ3n) is 3.85. The summed E-state index contributed by atoms with van der Waals surface area (Å²) in [6.07, 6.45) is 1.42. The van der Waals surface area contributed by atoms with Crippen LogP contribution in [0.25, 0.3) is 0 Å². The number of amides is 2. The molecule has 2 amide bonds. The largest absolute Gasteiger partial charge is 0.385 e. The fourth-order valence-electron chi connectivity index (χ4n) is 2.45. The summed E-state index contributed by atoms with van der Waals surface area (Å²) in [7, 11) is 1.62. The van der Waals surface area contributed by atoms with Crippen LogP contribution in [0.4, 0.5) is 5.69 Å². The first-order valence-corrected chi connectivity index (χ1v) is 6.42. The average molecular weight is 260 g/mol. The van der Waals surface area contributed by atoms with Gasteiger partial charge >= 0.3 is 11.8 Å². The van der Waals surface area contributed by atoms with E-state index < -0.39 is 17.4 Å². The molecule has 1 heterocycles. The molecule has 0 aromatic heterocycles. The number of benzene rings is 1. The van der Waals surface area contributed by atoms with E-state index in [9.17, 15) is 14.7 Å². The van der Waals surface area contributed by atoms with E-state index in [1.807, 2.05) is 18.2 Å². The van der Waals surface area contributed by atoms with E-state index in [0.717, 1.165) is 5.56 Å². The number of carbonyl (C=O) groups is 2. The molecule has 2 fully saturated rings. The highest BCUT2D eigenvalue weighted by Gasteiger charge is 2.45. The molecule has 1 saturated heterocycles. The van der Waals surface area contributed by atoms with Crippen LogP contribution < -0.4 is 4.90 Å². The molecular weight excluding hydrogens is 244 g/mol. The lowest BCUT2D eigenvalue weighted by atomic mass is 10.0. The van der Waals surface area contributed by atoms with Gasteiger partial charge in [-0.25, -0.2) is 0 Å². The van der Waals surface area contributed by atoms with Gasteiger partial charge in [-0.15, -0.1) is 0 Å². The molecule has 0 unspecified atom stereocenters. The number of hydrogen-bond acceptors (Lipinski definition) is 3. The number of piperazine rings is 1. The third-order valence-corrected chi connectivity index (χ3v) is 3.85. The lowest BCUT2D eigenvalue weighted by Gasteiger charge is -2.33. The van der Waals surface area contributed by atoms with Gasteiger partial charge in [-0.1, -0.05) is 18.2 Å². The maximum absolute atomic E-state index is 12.1. The number of hydrogen-bond donors (Lipinski definition) is 1. The van der Waals surface area contributed by atoms with Crippen molar-refractivity contribution in [2.24, 2.45) is 0 Å². The fourth-order valence-corrected chi connectivity index (χ4v) is 2.45. The number of nitrogens with zero attached hydrogens (tertiary/aromatic N) is 2. The highest BCUT2D eigenvalue weighted by Crippen LogP contribution is 2.48. The Labute approximate surface area is 111 Å². The summed E-state index contributed by atoms with van der Waals surface area (Å²) in [6, 6.07) is 7.29. The Bertz CT molecular complexity index is 551. The molecule has 1 aromatic rings. The molecule has 5 heteroatoms. The zero-order valence-corrected chi connectivity index (χ0v) is 10.8. The minimum absolute atomic E-state index is 0.466. The van der Waals surface area contributed by atoms with Gasteiger partial charge in [0.05, 0.1) is 11.3 Å². The highest BCUT2D eigenvalue weighted by atomic mass is 16.3. The van der Waals surface area contributed by atoms with Crippen molar-refractivity contribution in [1.82, 2.24) is 4.90 Å². The molecule has 3 rings (SSSR count). The quantitative estimate of drug-likeness (QED) is 0.786. The van der Waals surface area contributed by atoms with E-state index in [1.165, 1.54) is 9.80 Å². The van der Waals surface area contributed by atoms with Crippen LogP contribution in [0.3, 0.4) is 0 Å². The van der Waals surface area contributed by atoms with Gasteiger partial charge in [-0.2, -0.15) is 0 Å². The van der Waals surface area contributed by atoms with Gasteiger partial charge in [0.2, 0.25) is 0 Å². The minimum atomic E-state index is -0.816. The van der Waals surface area contributed by atoms with Crippen LogP contribution in [0.2, 0.25) is 0 Å². The molecule has 1 aliphatic heterocycles. The second-order valence-corrected chi connectivity index (χ2v) is 5.23. The number of carbonyl (C=O) groups excluding carboxylic acids is 2. The lowest BCUT2D eigenvalue weighted by molar-refractivity contribution is -0.145. The van der Waals surface area contributed by atoms with Crippen LogP contribution in [0.1, 0.15) is 18.4 Å². The van der Waals surface area contributed by atoms with Gasteiger partial charge in [0.1, 0.15) is 0 Å². The maximum Gasteiger partial charge on any atom is 0.316 e. The normalized spacial score (nSPS) is 21.8. The summed E-state index contributed by atoms with van der Waals surface area (Å²) in [5, 5.41) is 10.3. The predicted molar refractivity (Wildman–Crippen MR) is 69.6 cm³/mol. The van der Waals surface area contributed by atoms with Gasteiger partial charge in [0, 0.05) is 25.7 Å². The molecule has 1 N–H and O–H groups in total. The van der Waals surface area contributed by atoms with E-state index >= 15 is 0 Å². The monoisotopic (exact) mass is 260 g/mol. The smallest absolute Gasteiger partial charge is 0.316 e. The van der Waals surface area contributed by atoms with Gasteiger partial charge < -0.3 is 14.9 Å². The van der Waals surface area contributed by atoms with Crippen molar-refractivity contribution in [2.75, 3.05) is 25.0 Å². The number of aliphatic hydroxyl groups is 1. The summed E-state index contributed by atoms with van der Waals surface area (Å²) in [5.74, 6) is -1.02. The Kier molecular flexibility index (Phi) is 2.60. The molecule has 1 aliphatic carbocycles. The Morgan fingerprint density at radius 2 is 1.79 bits per heavy atom. The van der Waals surface area contributed by atoms with Crippen molar-refractivity contribution in [1.29, 1.82) is 0 Å². The summed E-state index contributed by atoms with van der Waals surface area (Å²) in [4.78, 5) is 26.8. The highest BCUT2D eigenvalue weighted by molar-refractivity contribution is 6.41. The van der Waals surface area contributed by atoms with Crippen LogP contribution in [0.5, 0.6) is 0 Å². The van der Waals surface area contributed by atoms with Gasteiger partial charge in [-0.05, 0) is 18.9 Å². The summed E-state index contributed by atoms with van der Waals surface area (Å²) >= 11 is 0. The first kappa shape index (κ1) is 12.2. The van der Waals surface area contributed by atoms with Crippen molar-refractivity contribution < 1.29 is 14.7 Å². The van der Waals surface area contributed by atoms with E-state index in [4.69, 9.17) is 0 Å². The Morgan fingerprint density at radius 3 is 2.47 bits per heavy atom. The summed E-state index contributed by atoms with van der Waals surface area (Å²) < 4.78 is 0. The van der Waals surface area contributed by atoms with Crippen molar-refractivity contribution >= 4 is 17.5 Å². The predicted octanol–water partition coefficient (Wildman–Crippen LogP) is 0.473. The second kappa shape index (κ2) is 4.06. The fraction of sp³-hybridized carbons (Fsp3) is 0.429. The molecule has 1 saturated carbocycles. The van der Waals surface area contributed by atoms with Crippen molar-refractivity contribution in [3.63, 3.8) is 0 Å². The molecular formula is C14H16N2O3. The molecule has 100 valence electrons. The SMILES string of the molecule is CN1CCN(c2ccccc2C2(O)CC2)C(=O)C1=O. The van der Waals surface area contributed by atoms with Gasteiger partial charge in [0.15, 0.2) is 0 Å². The molecule has 5 nitrogen and oxygen atoms in total. The molecule has 1 aromatic carbocycles. The Morgan fingerprint density at radius 1 is 1.11 bits per heavy atom. The zero-order chi connectivity index (χ0) is 13.6. The van der Waals surface area contributed by atoms with Gasteiger partial charge in [0.25, 0.3) is 0 Å². The van der Waals surface area contributed by atoms with E-state index in [1.54, 1.807) is 13.1 Å².